The van der Waals surface area contributed by atoms with Crippen molar-refractivity contribution >= 4 is 32.8 Å². The quantitative estimate of drug-likeness (QED) is 0.573. The van der Waals surface area contributed by atoms with Gasteiger partial charge in [-0.3, -0.25) is 0 Å². The largest absolute Gasteiger partial charge is 0.367 e. The van der Waals surface area contributed by atoms with Crippen LogP contribution in [0.2, 0.25) is 0 Å². The maximum atomic E-state index is 12.3. The van der Waals surface area contributed by atoms with Crippen molar-refractivity contribution in [3.63, 3.8) is 0 Å². The first-order chi connectivity index (χ1) is 11.8. The molecular weight excluding hydrogens is 398 g/mol. The fraction of sp³-hybridized carbons (Fsp3) is 0.650. The van der Waals surface area contributed by atoms with E-state index in [0.29, 0.717) is 6.04 Å². The van der Waals surface area contributed by atoms with Gasteiger partial charge in [-0.25, -0.2) is 15.7 Å². The number of halogens is 1. The van der Waals surface area contributed by atoms with Crippen LogP contribution in [0.4, 0.5) is 0 Å². The summed E-state index contributed by atoms with van der Waals surface area (Å²) in [6.07, 6.45) is 4.72. The van der Waals surface area contributed by atoms with Crippen molar-refractivity contribution in [1.29, 1.82) is 0 Å². The summed E-state index contributed by atoms with van der Waals surface area (Å²) >= 11 is 3.53. The monoisotopic (exact) mass is 429 g/mol. The molecule has 0 aromatic heterocycles. The maximum Gasteiger partial charge on any atom is 0.330 e. The molecule has 0 saturated carbocycles. The molecule has 2 rings (SSSR count). The summed E-state index contributed by atoms with van der Waals surface area (Å²) in [5, 5.41) is 1.97. The number of benzene rings is 1. The van der Waals surface area contributed by atoms with Gasteiger partial charge in [0, 0.05) is 11.0 Å². The van der Waals surface area contributed by atoms with Gasteiger partial charge in [-0.1, -0.05) is 29.3 Å². The number of carbonyl (C=O) groups excluding carboxylic acids is 1. The Balaban J connectivity index is 2.05. The van der Waals surface area contributed by atoms with Crippen molar-refractivity contribution in [2.24, 2.45) is 5.41 Å². The first kappa shape index (κ1) is 20.8. The lowest BCUT2D eigenvalue weighted by atomic mass is 9.98. The number of hydrogen-bond donors (Lipinski definition) is 1. The van der Waals surface area contributed by atoms with Gasteiger partial charge >= 0.3 is 5.97 Å². The number of thiol groups is 1. The Morgan fingerprint density at radius 2 is 2.00 bits per heavy atom. The Bertz CT molecular complexity index is 556. The molecule has 0 N–H and O–H groups in total. The highest BCUT2D eigenvalue weighted by Crippen LogP contribution is 2.41. The van der Waals surface area contributed by atoms with Crippen LogP contribution >= 0.6 is 26.8 Å². The highest BCUT2D eigenvalue weighted by molar-refractivity contribution is 9.10. The topological polar surface area (TPSA) is 29.5 Å². The number of hydrogen-bond acceptors (Lipinski definition) is 3. The van der Waals surface area contributed by atoms with Crippen LogP contribution in [-0.2, 0) is 9.63 Å². The fourth-order valence-corrected chi connectivity index (χ4v) is 5.99. The Labute approximate surface area is 163 Å². The van der Waals surface area contributed by atoms with Crippen LogP contribution in [0.15, 0.2) is 33.6 Å². The van der Waals surface area contributed by atoms with Crippen LogP contribution in [-0.4, -0.2) is 35.1 Å². The molecule has 1 aromatic rings. The third-order valence-electron chi connectivity index (χ3n) is 4.54. The van der Waals surface area contributed by atoms with Gasteiger partial charge in [0.1, 0.15) is 0 Å². The first-order valence-electron chi connectivity index (χ1n) is 9.31. The van der Waals surface area contributed by atoms with Crippen LogP contribution in [0, 0.1) is 5.41 Å². The summed E-state index contributed by atoms with van der Waals surface area (Å²) in [7, 11) is -0.219. The van der Waals surface area contributed by atoms with Crippen LogP contribution in [0.3, 0.4) is 0 Å². The molecule has 0 aliphatic carbocycles. The van der Waals surface area contributed by atoms with Gasteiger partial charge in [-0.15, -0.1) is 5.06 Å². The van der Waals surface area contributed by atoms with Gasteiger partial charge in [0.2, 0.25) is 0 Å². The summed E-state index contributed by atoms with van der Waals surface area (Å²) in [6.45, 7) is 8.86. The lowest BCUT2D eigenvalue weighted by Crippen LogP contribution is -2.38. The molecule has 0 radical (unpaired) electrons. The van der Waals surface area contributed by atoms with Crippen LogP contribution < -0.4 is 0 Å². The van der Waals surface area contributed by atoms with Crippen molar-refractivity contribution in [3.8, 4) is 0 Å². The summed E-state index contributed by atoms with van der Waals surface area (Å²) in [5.41, 5.74) is -0.453. The molecule has 3 nitrogen and oxygen atoms in total. The second kappa shape index (κ2) is 9.43. The van der Waals surface area contributed by atoms with Gasteiger partial charge < -0.3 is 4.84 Å². The summed E-state index contributed by atoms with van der Waals surface area (Å²) in [4.78, 5) is 19.5. The molecule has 1 aromatic carbocycles. The lowest BCUT2D eigenvalue weighted by molar-refractivity contribution is -0.202. The van der Waals surface area contributed by atoms with Crippen molar-refractivity contribution in [2.75, 3.05) is 18.1 Å². The van der Waals surface area contributed by atoms with Crippen molar-refractivity contribution in [3.05, 3.63) is 28.7 Å². The molecule has 0 bridgehead atoms. The van der Waals surface area contributed by atoms with Gasteiger partial charge in [0.25, 0.3) is 0 Å². The third-order valence-corrected chi connectivity index (χ3v) is 7.82. The minimum Gasteiger partial charge on any atom is -0.367 e. The van der Waals surface area contributed by atoms with E-state index in [1.807, 2.05) is 25.8 Å². The molecule has 2 atom stereocenters. The molecule has 5 heteroatoms. The summed E-state index contributed by atoms with van der Waals surface area (Å²) < 4.78 is 1.13. The number of rotatable bonds is 7. The molecule has 0 spiro atoms. The van der Waals surface area contributed by atoms with Crippen molar-refractivity contribution in [2.45, 2.75) is 64.3 Å². The summed E-state index contributed by atoms with van der Waals surface area (Å²) in [5.74, 6) is 2.25. The van der Waals surface area contributed by atoms with E-state index in [2.05, 4.69) is 47.1 Å². The van der Waals surface area contributed by atoms with E-state index in [0.717, 1.165) is 29.6 Å². The molecule has 1 aliphatic rings. The maximum absolute atomic E-state index is 12.3. The Morgan fingerprint density at radius 3 is 2.60 bits per heavy atom. The molecule has 1 aliphatic heterocycles. The molecule has 142 valence electrons. The van der Waals surface area contributed by atoms with Crippen LogP contribution in [0.25, 0.3) is 0 Å². The zero-order valence-corrected chi connectivity index (χ0v) is 18.4. The van der Waals surface area contributed by atoms with E-state index in [4.69, 9.17) is 4.84 Å². The zero-order valence-electron chi connectivity index (χ0n) is 15.9. The van der Waals surface area contributed by atoms with Crippen molar-refractivity contribution in [1.82, 2.24) is 5.06 Å². The van der Waals surface area contributed by atoms with E-state index < -0.39 is 5.41 Å². The van der Waals surface area contributed by atoms with Crippen molar-refractivity contribution < 1.29 is 9.63 Å². The molecule has 1 fully saturated rings. The molecule has 1 unspecified atom stereocenters. The second-order valence-corrected chi connectivity index (χ2v) is 11.2. The zero-order chi connectivity index (χ0) is 18.4. The summed E-state index contributed by atoms with van der Waals surface area (Å²) in [6, 6.07) is 9.15. The SMILES string of the molecule is CCCC[SH](C[C@@H]1CCCN1OC(=O)C(C)(C)C)c1ccc(Br)cc1. The second-order valence-electron chi connectivity index (χ2n) is 7.84. The predicted molar refractivity (Wildman–Crippen MR) is 111 cm³/mol. The van der Waals surface area contributed by atoms with Gasteiger partial charge in [0.05, 0.1) is 11.5 Å². The smallest absolute Gasteiger partial charge is 0.330 e. The Kier molecular flexibility index (Phi) is 7.84. The number of hydroxylamine groups is 2. The van der Waals surface area contributed by atoms with E-state index >= 15 is 0 Å². The standard InChI is InChI=1S/C20H32BrNO2S/c1-5-6-14-25(18-11-9-16(21)10-12-18)15-17-8-7-13-22(17)24-19(23)20(2,3)4/h9-12,17,25H,5-8,13-15H2,1-4H3/t17-/m0/s1. The molecule has 1 heterocycles. The first-order valence-corrected chi connectivity index (χ1v) is 11.8. The fourth-order valence-electron chi connectivity index (χ4n) is 2.94. The van der Waals surface area contributed by atoms with Gasteiger partial charge in [-0.2, -0.15) is 0 Å². The van der Waals surface area contributed by atoms with E-state index in [9.17, 15) is 4.79 Å². The normalized spacial score (nSPS) is 20.5. The average molecular weight is 430 g/mol. The van der Waals surface area contributed by atoms with E-state index in [1.54, 1.807) is 0 Å². The predicted octanol–water partition coefficient (Wildman–Crippen LogP) is 5.58. The highest BCUT2D eigenvalue weighted by Gasteiger charge is 2.33. The van der Waals surface area contributed by atoms with Crippen LogP contribution in [0.1, 0.15) is 53.4 Å². The number of nitrogens with zero attached hydrogens (tertiary/aromatic N) is 1. The van der Waals surface area contributed by atoms with Gasteiger partial charge in [0.15, 0.2) is 0 Å². The molecule has 1 saturated heterocycles. The third kappa shape index (κ3) is 6.30. The number of carbonyl (C=O) groups is 1. The van der Waals surface area contributed by atoms with E-state index in [-0.39, 0.29) is 16.9 Å². The molecule has 25 heavy (non-hydrogen) atoms. The highest BCUT2D eigenvalue weighted by atomic mass is 79.9. The van der Waals surface area contributed by atoms with Crippen LogP contribution in [0.5, 0.6) is 0 Å². The number of unbranched alkanes of at least 4 members (excludes halogenated alkanes) is 1. The Hall–Kier alpha value is -0.520. The molecular formula is C20H32BrNO2S. The molecule has 0 amide bonds. The average Bonchev–Trinajstić information content (AvgIpc) is 2.98. The lowest BCUT2D eigenvalue weighted by Gasteiger charge is -2.31. The minimum atomic E-state index is -0.453. The van der Waals surface area contributed by atoms with E-state index in [1.165, 1.54) is 23.5 Å². The Morgan fingerprint density at radius 1 is 1.32 bits per heavy atom. The van der Waals surface area contributed by atoms with Gasteiger partial charge in [-0.05, 0) is 80.7 Å². The minimum absolute atomic E-state index is 0.124.